The Morgan fingerprint density at radius 1 is 1.44 bits per heavy atom. The van der Waals surface area contributed by atoms with Crippen LogP contribution in [0.1, 0.15) is 25.7 Å². The second-order valence-corrected chi connectivity index (χ2v) is 4.59. The summed E-state index contributed by atoms with van der Waals surface area (Å²) in [5.41, 5.74) is -0.760. The molecule has 0 aromatic heterocycles. The Morgan fingerprint density at radius 3 is 2.72 bits per heavy atom. The summed E-state index contributed by atoms with van der Waals surface area (Å²) in [6.07, 6.45) is 8.15. The summed E-state index contributed by atoms with van der Waals surface area (Å²) in [5, 5.41) is 5.14. The second-order valence-electron chi connectivity index (χ2n) is 4.59. The van der Waals surface area contributed by atoms with E-state index >= 15 is 0 Å². The molecular formula is C12H15N3O3. The molecule has 1 saturated heterocycles. The Morgan fingerprint density at radius 2 is 2.11 bits per heavy atom. The molecule has 4 amide bonds. The highest BCUT2D eigenvalue weighted by molar-refractivity contribution is 6.09. The van der Waals surface area contributed by atoms with Gasteiger partial charge < -0.3 is 10.6 Å². The van der Waals surface area contributed by atoms with Gasteiger partial charge in [-0.05, 0) is 12.8 Å². The van der Waals surface area contributed by atoms with Gasteiger partial charge in [0.2, 0.25) is 5.91 Å². The van der Waals surface area contributed by atoms with E-state index in [-0.39, 0.29) is 19.0 Å². The van der Waals surface area contributed by atoms with E-state index in [1.54, 1.807) is 0 Å². The van der Waals surface area contributed by atoms with Gasteiger partial charge in [0.1, 0.15) is 12.1 Å². The van der Waals surface area contributed by atoms with Gasteiger partial charge in [-0.2, -0.15) is 0 Å². The smallest absolute Gasteiger partial charge is 0.325 e. The molecule has 1 saturated carbocycles. The van der Waals surface area contributed by atoms with Gasteiger partial charge >= 0.3 is 6.03 Å². The number of imide groups is 1. The monoisotopic (exact) mass is 249 g/mol. The normalized spacial score (nSPS) is 20.9. The molecule has 1 heterocycles. The average molecular weight is 249 g/mol. The van der Waals surface area contributed by atoms with Gasteiger partial charge in [0, 0.05) is 0 Å². The molecule has 18 heavy (non-hydrogen) atoms. The fourth-order valence-corrected chi connectivity index (χ4v) is 2.49. The summed E-state index contributed by atoms with van der Waals surface area (Å²) >= 11 is 0. The summed E-state index contributed by atoms with van der Waals surface area (Å²) in [6.45, 7) is -0.179. The van der Waals surface area contributed by atoms with Gasteiger partial charge in [-0.25, -0.2) is 4.79 Å². The lowest BCUT2D eigenvalue weighted by Crippen LogP contribution is -2.45. The number of nitrogens with zero attached hydrogens (tertiary/aromatic N) is 1. The van der Waals surface area contributed by atoms with E-state index in [1.165, 1.54) is 0 Å². The first-order chi connectivity index (χ1) is 8.59. The van der Waals surface area contributed by atoms with Gasteiger partial charge in [-0.3, -0.25) is 14.5 Å². The highest BCUT2D eigenvalue weighted by Crippen LogP contribution is 2.34. The molecule has 0 aromatic rings. The summed E-state index contributed by atoms with van der Waals surface area (Å²) in [4.78, 5) is 36.3. The number of carbonyl (C=O) groups is 3. The maximum Gasteiger partial charge on any atom is 0.325 e. The van der Waals surface area contributed by atoms with Crippen molar-refractivity contribution in [2.75, 3.05) is 13.1 Å². The lowest BCUT2D eigenvalue weighted by atomic mass is 9.98. The number of hydrogen-bond donors (Lipinski definition) is 2. The van der Waals surface area contributed by atoms with E-state index in [2.05, 4.69) is 16.6 Å². The predicted octanol–water partition coefficient (Wildman–Crippen LogP) is -0.400. The van der Waals surface area contributed by atoms with E-state index in [1.807, 2.05) is 0 Å². The van der Waals surface area contributed by atoms with Crippen molar-refractivity contribution in [3.05, 3.63) is 0 Å². The van der Waals surface area contributed by atoms with Gasteiger partial charge in [0.25, 0.3) is 5.91 Å². The summed E-state index contributed by atoms with van der Waals surface area (Å²) in [7, 11) is 0. The SMILES string of the molecule is C#CCNC(=O)CN1C(=O)NC2(CCCC2)C1=O. The molecule has 0 bridgehead atoms. The van der Waals surface area contributed by atoms with Gasteiger partial charge in [0.05, 0.1) is 6.54 Å². The zero-order valence-electron chi connectivity index (χ0n) is 9.99. The summed E-state index contributed by atoms with van der Waals surface area (Å²) < 4.78 is 0. The predicted molar refractivity (Wildman–Crippen MR) is 63.3 cm³/mol. The number of terminal acetylenes is 1. The average Bonchev–Trinajstić information content (AvgIpc) is 2.89. The maximum atomic E-state index is 12.2. The molecule has 2 N–H and O–H groups in total. The molecule has 1 spiro atoms. The van der Waals surface area contributed by atoms with Crippen LogP contribution in [-0.4, -0.2) is 41.4 Å². The van der Waals surface area contributed by atoms with Crippen LogP contribution in [0.3, 0.4) is 0 Å². The molecule has 2 fully saturated rings. The molecule has 0 aromatic carbocycles. The van der Waals surface area contributed by atoms with Crippen LogP contribution in [-0.2, 0) is 9.59 Å². The van der Waals surface area contributed by atoms with Crippen LogP contribution in [0.4, 0.5) is 4.79 Å². The highest BCUT2D eigenvalue weighted by Gasteiger charge is 2.52. The number of urea groups is 1. The van der Waals surface area contributed by atoms with Crippen molar-refractivity contribution in [3.8, 4) is 12.3 Å². The van der Waals surface area contributed by atoms with Crippen molar-refractivity contribution in [1.82, 2.24) is 15.5 Å². The van der Waals surface area contributed by atoms with Crippen LogP contribution >= 0.6 is 0 Å². The van der Waals surface area contributed by atoms with Gasteiger partial charge in [0.15, 0.2) is 0 Å². The molecule has 6 nitrogen and oxygen atoms in total. The Labute approximate surface area is 105 Å². The van der Waals surface area contributed by atoms with Gasteiger partial charge in [-0.1, -0.05) is 18.8 Å². The third-order valence-electron chi connectivity index (χ3n) is 3.39. The molecule has 0 unspecified atom stereocenters. The van der Waals surface area contributed by atoms with Crippen LogP contribution < -0.4 is 10.6 Å². The van der Waals surface area contributed by atoms with E-state index in [0.717, 1.165) is 17.7 Å². The Hall–Kier alpha value is -2.03. The fraction of sp³-hybridized carbons (Fsp3) is 0.583. The zero-order chi connectivity index (χ0) is 13.2. The molecular weight excluding hydrogens is 234 g/mol. The lowest BCUT2D eigenvalue weighted by molar-refractivity contribution is -0.134. The molecule has 6 heteroatoms. The zero-order valence-corrected chi connectivity index (χ0v) is 9.99. The Balaban J connectivity index is 2.01. The summed E-state index contributed by atoms with van der Waals surface area (Å²) in [5.74, 6) is 1.54. The molecule has 96 valence electrons. The van der Waals surface area contributed by atoms with Crippen molar-refractivity contribution in [3.63, 3.8) is 0 Å². The Bertz CT molecular complexity index is 432. The van der Waals surface area contributed by atoms with E-state index in [4.69, 9.17) is 6.42 Å². The number of rotatable bonds is 3. The van der Waals surface area contributed by atoms with E-state index < -0.39 is 17.5 Å². The molecule has 0 atom stereocenters. The minimum Gasteiger partial charge on any atom is -0.344 e. The van der Waals surface area contributed by atoms with Crippen LogP contribution in [0.5, 0.6) is 0 Å². The molecule has 1 aliphatic heterocycles. The molecule has 2 rings (SSSR count). The number of amides is 4. The topological polar surface area (TPSA) is 78.5 Å². The van der Waals surface area contributed by atoms with E-state index in [0.29, 0.717) is 12.8 Å². The second kappa shape index (κ2) is 4.69. The minimum atomic E-state index is -0.760. The lowest BCUT2D eigenvalue weighted by Gasteiger charge is -2.19. The number of carbonyl (C=O) groups excluding carboxylic acids is 3. The van der Waals surface area contributed by atoms with Crippen molar-refractivity contribution in [2.24, 2.45) is 0 Å². The first-order valence-corrected chi connectivity index (χ1v) is 5.93. The van der Waals surface area contributed by atoms with Crippen LogP contribution in [0.15, 0.2) is 0 Å². The Kier molecular flexibility index (Phi) is 3.24. The van der Waals surface area contributed by atoms with Crippen molar-refractivity contribution in [1.29, 1.82) is 0 Å². The van der Waals surface area contributed by atoms with E-state index in [9.17, 15) is 14.4 Å². The quantitative estimate of drug-likeness (QED) is 0.527. The number of hydrogen-bond acceptors (Lipinski definition) is 3. The third-order valence-corrected chi connectivity index (χ3v) is 3.39. The van der Waals surface area contributed by atoms with Crippen LogP contribution in [0.2, 0.25) is 0 Å². The van der Waals surface area contributed by atoms with Crippen LogP contribution in [0.25, 0.3) is 0 Å². The minimum absolute atomic E-state index is 0.0909. The summed E-state index contributed by atoms with van der Waals surface area (Å²) in [6, 6.07) is -0.488. The maximum absolute atomic E-state index is 12.2. The standard InChI is InChI=1S/C12H15N3O3/c1-2-7-13-9(16)8-15-10(17)12(14-11(15)18)5-3-4-6-12/h1H,3-8H2,(H,13,16)(H,14,18). The fourth-order valence-electron chi connectivity index (χ4n) is 2.49. The molecule has 2 aliphatic rings. The third kappa shape index (κ3) is 2.04. The van der Waals surface area contributed by atoms with Gasteiger partial charge in [-0.15, -0.1) is 6.42 Å². The first-order valence-electron chi connectivity index (χ1n) is 5.93. The van der Waals surface area contributed by atoms with Crippen molar-refractivity contribution >= 4 is 17.8 Å². The molecule has 1 aliphatic carbocycles. The van der Waals surface area contributed by atoms with Crippen LogP contribution in [0, 0.1) is 12.3 Å². The number of nitrogens with one attached hydrogen (secondary N) is 2. The van der Waals surface area contributed by atoms with Crippen molar-refractivity contribution in [2.45, 2.75) is 31.2 Å². The molecule has 0 radical (unpaired) electrons. The first kappa shape index (κ1) is 12.4. The largest absolute Gasteiger partial charge is 0.344 e. The highest BCUT2D eigenvalue weighted by atomic mass is 16.2. The van der Waals surface area contributed by atoms with Crippen molar-refractivity contribution < 1.29 is 14.4 Å².